The second-order valence-electron chi connectivity index (χ2n) is 6.09. The predicted octanol–water partition coefficient (Wildman–Crippen LogP) is 2.53. The van der Waals surface area contributed by atoms with Gasteiger partial charge in [0.15, 0.2) is 0 Å². The van der Waals surface area contributed by atoms with Gasteiger partial charge in [0.05, 0.1) is 13.2 Å². The summed E-state index contributed by atoms with van der Waals surface area (Å²) in [7, 11) is 0. The molecule has 2 heteroatoms. The highest BCUT2D eigenvalue weighted by molar-refractivity contribution is 4.99. The Morgan fingerprint density at radius 2 is 1.87 bits per heavy atom. The summed E-state index contributed by atoms with van der Waals surface area (Å²) in [6.45, 7) is 12.4. The largest absolute Gasteiger partial charge is 0.379 e. The molecule has 0 bridgehead atoms. The highest BCUT2D eigenvalue weighted by Gasteiger charge is 2.47. The molecule has 88 valence electrons. The van der Waals surface area contributed by atoms with Gasteiger partial charge in [-0.25, -0.2) is 0 Å². The van der Waals surface area contributed by atoms with Gasteiger partial charge in [0, 0.05) is 24.0 Å². The van der Waals surface area contributed by atoms with E-state index in [4.69, 9.17) is 4.74 Å². The van der Waals surface area contributed by atoms with Gasteiger partial charge < -0.3 is 4.74 Å². The maximum Gasteiger partial charge on any atom is 0.0624 e. The van der Waals surface area contributed by atoms with Crippen molar-refractivity contribution >= 4 is 0 Å². The molecule has 1 heterocycles. The van der Waals surface area contributed by atoms with E-state index in [1.54, 1.807) is 0 Å². The first-order valence-corrected chi connectivity index (χ1v) is 6.38. The number of hydrogen-bond donors (Lipinski definition) is 0. The first kappa shape index (κ1) is 11.4. The van der Waals surface area contributed by atoms with Crippen LogP contribution in [0.5, 0.6) is 0 Å². The Kier molecular flexibility index (Phi) is 3.09. The zero-order valence-electron chi connectivity index (χ0n) is 10.6. The molecule has 0 aromatic carbocycles. The Bertz CT molecular complexity index is 221. The third-order valence-electron chi connectivity index (χ3n) is 4.03. The first-order valence-electron chi connectivity index (χ1n) is 6.38. The normalized spacial score (nSPS) is 31.2. The van der Waals surface area contributed by atoms with Gasteiger partial charge in [-0.2, -0.15) is 0 Å². The van der Waals surface area contributed by atoms with Crippen molar-refractivity contribution in [2.75, 3.05) is 19.8 Å². The van der Waals surface area contributed by atoms with Crippen LogP contribution in [0.15, 0.2) is 0 Å². The predicted molar refractivity (Wildman–Crippen MR) is 63.0 cm³/mol. The van der Waals surface area contributed by atoms with Crippen LogP contribution >= 0.6 is 0 Å². The minimum atomic E-state index is 0.536. The molecule has 2 aliphatic rings. The standard InChI is InChI=1S/C13H25NO/c1-10(2)12-7-15-9-13(5-6-13)8-14(12)11(3)4/h10-12H,5-9H2,1-4H3. The fourth-order valence-electron chi connectivity index (χ4n) is 2.66. The van der Waals surface area contributed by atoms with Crippen LogP contribution in [0, 0.1) is 11.3 Å². The van der Waals surface area contributed by atoms with Crippen LogP contribution in [0.1, 0.15) is 40.5 Å². The summed E-state index contributed by atoms with van der Waals surface area (Å²) >= 11 is 0. The van der Waals surface area contributed by atoms with Crippen LogP contribution in [0.25, 0.3) is 0 Å². The Hall–Kier alpha value is -0.0800. The molecule has 0 aromatic heterocycles. The lowest BCUT2D eigenvalue weighted by Gasteiger charge is -2.36. The minimum Gasteiger partial charge on any atom is -0.379 e. The highest BCUT2D eigenvalue weighted by Crippen LogP contribution is 2.48. The van der Waals surface area contributed by atoms with Crippen LogP contribution in [-0.2, 0) is 4.74 Å². The molecule has 2 rings (SSSR count). The summed E-state index contributed by atoms with van der Waals surface area (Å²) in [6.07, 6.45) is 2.75. The van der Waals surface area contributed by atoms with E-state index >= 15 is 0 Å². The summed E-state index contributed by atoms with van der Waals surface area (Å²) in [5, 5.41) is 0. The van der Waals surface area contributed by atoms with Crippen LogP contribution in [0.4, 0.5) is 0 Å². The van der Waals surface area contributed by atoms with Crippen molar-refractivity contribution < 1.29 is 4.74 Å². The smallest absolute Gasteiger partial charge is 0.0624 e. The van der Waals surface area contributed by atoms with Gasteiger partial charge >= 0.3 is 0 Å². The summed E-state index contributed by atoms with van der Waals surface area (Å²) in [5.74, 6) is 0.696. The van der Waals surface area contributed by atoms with E-state index in [0.717, 1.165) is 13.2 Å². The summed E-state index contributed by atoms with van der Waals surface area (Å²) in [6, 6.07) is 1.27. The van der Waals surface area contributed by atoms with Crippen molar-refractivity contribution in [3.05, 3.63) is 0 Å². The Morgan fingerprint density at radius 1 is 1.20 bits per heavy atom. The molecule has 15 heavy (non-hydrogen) atoms. The highest BCUT2D eigenvalue weighted by atomic mass is 16.5. The van der Waals surface area contributed by atoms with Gasteiger partial charge in [0.25, 0.3) is 0 Å². The molecule has 1 unspecified atom stereocenters. The summed E-state index contributed by atoms with van der Waals surface area (Å²) in [5.41, 5.74) is 0.536. The molecule has 2 nitrogen and oxygen atoms in total. The lowest BCUT2D eigenvalue weighted by Crippen LogP contribution is -2.46. The number of rotatable bonds is 2. The molecule has 1 atom stereocenters. The molecule has 1 aliphatic heterocycles. The molecule has 0 aromatic rings. The van der Waals surface area contributed by atoms with Crippen molar-refractivity contribution in [3.8, 4) is 0 Å². The van der Waals surface area contributed by atoms with E-state index < -0.39 is 0 Å². The van der Waals surface area contributed by atoms with E-state index in [0.29, 0.717) is 23.4 Å². The molecular formula is C13H25NO. The van der Waals surface area contributed by atoms with Crippen molar-refractivity contribution in [2.24, 2.45) is 11.3 Å². The average molecular weight is 211 g/mol. The SMILES string of the molecule is CC(C)C1COCC2(CC2)CN1C(C)C. The van der Waals surface area contributed by atoms with Crippen molar-refractivity contribution in [1.29, 1.82) is 0 Å². The van der Waals surface area contributed by atoms with E-state index in [1.165, 1.54) is 19.4 Å². The molecule has 1 spiro atoms. The van der Waals surface area contributed by atoms with E-state index in [2.05, 4.69) is 32.6 Å². The molecule has 0 radical (unpaired) electrons. The molecule has 2 fully saturated rings. The van der Waals surface area contributed by atoms with Crippen molar-refractivity contribution in [1.82, 2.24) is 4.90 Å². The van der Waals surface area contributed by atoms with Gasteiger partial charge in [-0.15, -0.1) is 0 Å². The lowest BCUT2D eigenvalue weighted by atomic mass is 10.00. The van der Waals surface area contributed by atoms with Crippen LogP contribution < -0.4 is 0 Å². The van der Waals surface area contributed by atoms with Gasteiger partial charge in [0.2, 0.25) is 0 Å². The topological polar surface area (TPSA) is 12.5 Å². The van der Waals surface area contributed by atoms with Gasteiger partial charge in [-0.05, 0) is 32.6 Å². The fraction of sp³-hybridized carbons (Fsp3) is 1.00. The molecule has 0 N–H and O–H groups in total. The minimum absolute atomic E-state index is 0.536. The van der Waals surface area contributed by atoms with E-state index in [1.807, 2.05) is 0 Å². The number of ether oxygens (including phenoxy) is 1. The number of hydrogen-bond acceptors (Lipinski definition) is 2. The zero-order valence-corrected chi connectivity index (χ0v) is 10.6. The summed E-state index contributed by atoms with van der Waals surface area (Å²) in [4.78, 5) is 2.67. The third-order valence-corrected chi connectivity index (χ3v) is 4.03. The molecule has 0 amide bonds. The first-order chi connectivity index (χ1) is 7.04. The monoisotopic (exact) mass is 211 g/mol. The molecule has 1 aliphatic carbocycles. The zero-order chi connectivity index (χ0) is 11.1. The van der Waals surface area contributed by atoms with Crippen molar-refractivity contribution in [3.63, 3.8) is 0 Å². The van der Waals surface area contributed by atoms with Crippen LogP contribution in [0.2, 0.25) is 0 Å². The molecule has 1 saturated heterocycles. The maximum atomic E-state index is 5.88. The maximum absolute atomic E-state index is 5.88. The average Bonchev–Trinajstić information content (AvgIpc) is 2.92. The van der Waals surface area contributed by atoms with Crippen LogP contribution in [0.3, 0.4) is 0 Å². The van der Waals surface area contributed by atoms with Crippen molar-refractivity contribution in [2.45, 2.75) is 52.6 Å². The second-order valence-corrected chi connectivity index (χ2v) is 6.09. The van der Waals surface area contributed by atoms with E-state index in [-0.39, 0.29) is 0 Å². The fourth-order valence-corrected chi connectivity index (χ4v) is 2.66. The molecule has 1 saturated carbocycles. The Morgan fingerprint density at radius 3 is 2.33 bits per heavy atom. The third kappa shape index (κ3) is 2.36. The Labute approximate surface area is 94.0 Å². The van der Waals surface area contributed by atoms with Gasteiger partial charge in [-0.3, -0.25) is 4.90 Å². The van der Waals surface area contributed by atoms with Crippen LogP contribution in [-0.4, -0.2) is 36.7 Å². The second kappa shape index (κ2) is 4.06. The molecular weight excluding hydrogens is 186 g/mol. The van der Waals surface area contributed by atoms with Gasteiger partial charge in [-0.1, -0.05) is 13.8 Å². The summed E-state index contributed by atoms with van der Waals surface area (Å²) < 4.78 is 5.88. The number of nitrogens with zero attached hydrogens (tertiary/aromatic N) is 1. The lowest BCUT2D eigenvalue weighted by molar-refractivity contribution is 0.0619. The van der Waals surface area contributed by atoms with Gasteiger partial charge in [0.1, 0.15) is 0 Å². The van der Waals surface area contributed by atoms with E-state index in [9.17, 15) is 0 Å². The Balaban J connectivity index is 2.10. The quantitative estimate of drug-likeness (QED) is 0.696.